The summed E-state index contributed by atoms with van der Waals surface area (Å²) in [7, 11) is 1.77. The number of rotatable bonds is 5. The molecule has 5 nitrogen and oxygen atoms in total. The summed E-state index contributed by atoms with van der Waals surface area (Å²) in [6.07, 6.45) is 0.767. The van der Waals surface area contributed by atoms with Gasteiger partial charge in [-0.1, -0.05) is 78.9 Å². The summed E-state index contributed by atoms with van der Waals surface area (Å²) < 4.78 is 0. The zero-order chi connectivity index (χ0) is 28.1. The molecule has 3 aliphatic carbocycles. The number of carbonyl (C=O) groups excluding carboxylic acids is 2. The smallest absolute Gasteiger partial charge is 0.258 e. The van der Waals surface area contributed by atoms with Crippen molar-refractivity contribution in [1.29, 1.82) is 0 Å². The first-order valence-electron chi connectivity index (χ1n) is 13.8. The normalized spacial score (nSPS) is 20.1. The Hall–Kier alpha value is -4.55. The average Bonchev–Trinajstić information content (AvgIpc) is 3.49. The number of aromatic nitrogens is 1. The number of nitrogens with one attached hydrogen (secondary N) is 1. The Labute approximate surface area is 243 Å². The second-order valence-electron chi connectivity index (χ2n) is 11.1. The fraction of sp³-hybridized carbons (Fsp3) is 0.171. The van der Waals surface area contributed by atoms with Crippen molar-refractivity contribution in [3.8, 4) is 11.3 Å². The first-order valence-corrected chi connectivity index (χ1v) is 14.7. The van der Waals surface area contributed by atoms with E-state index in [1.807, 2.05) is 60.0 Å². The molecule has 1 heterocycles. The zero-order valence-electron chi connectivity index (χ0n) is 22.9. The van der Waals surface area contributed by atoms with E-state index in [4.69, 9.17) is 4.98 Å². The van der Waals surface area contributed by atoms with Gasteiger partial charge in [0.2, 0.25) is 5.91 Å². The number of anilines is 2. The quantitative estimate of drug-likeness (QED) is 0.242. The Morgan fingerprint density at radius 1 is 0.829 bits per heavy atom. The van der Waals surface area contributed by atoms with Crippen LogP contribution in [0.2, 0.25) is 0 Å². The van der Waals surface area contributed by atoms with Crippen LogP contribution >= 0.6 is 11.3 Å². The monoisotopic (exact) mass is 555 g/mol. The van der Waals surface area contributed by atoms with Gasteiger partial charge in [0.05, 0.1) is 11.1 Å². The molecular formula is C35H29N3O2S. The molecular weight excluding hydrogens is 526 g/mol. The van der Waals surface area contributed by atoms with Gasteiger partial charge < -0.3 is 10.2 Å². The summed E-state index contributed by atoms with van der Waals surface area (Å²) in [5.74, 6) is 0.130. The average molecular weight is 556 g/mol. The minimum Gasteiger partial charge on any atom is -0.311 e. The molecule has 1 unspecified atom stereocenters. The highest BCUT2D eigenvalue weighted by atomic mass is 32.1. The third-order valence-electron chi connectivity index (χ3n) is 8.75. The van der Waals surface area contributed by atoms with Gasteiger partial charge in [-0.15, -0.1) is 11.3 Å². The van der Waals surface area contributed by atoms with Crippen molar-refractivity contribution in [2.45, 2.75) is 25.2 Å². The van der Waals surface area contributed by atoms with Crippen LogP contribution in [-0.4, -0.2) is 23.8 Å². The molecule has 2 amide bonds. The standard InChI is InChI=1S/C35H29N3O2S/c1-35(20-29-25-12-6-8-14-27(25)31(35)28-15-9-7-13-26(28)29)33(40)37-34-36-30(21-41-34)22-16-18-23(19-17-22)32(39)38(2)24-10-4-3-5-11-24/h3-19,21,29,31H,20H2,1-2H3,(H,36,37,40). The van der Waals surface area contributed by atoms with E-state index in [-0.39, 0.29) is 23.7 Å². The van der Waals surface area contributed by atoms with E-state index in [9.17, 15) is 9.59 Å². The third kappa shape index (κ3) is 4.18. The number of thiazole rings is 1. The number of hydrogen-bond acceptors (Lipinski definition) is 4. The second kappa shape index (κ2) is 9.82. The molecule has 0 saturated carbocycles. The Bertz CT molecular complexity index is 1730. The Kier molecular flexibility index (Phi) is 6.09. The molecule has 5 aromatic rings. The number of carbonyl (C=O) groups is 2. The van der Waals surface area contributed by atoms with Gasteiger partial charge >= 0.3 is 0 Å². The fourth-order valence-corrected chi connectivity index (χ4v) is 7.35. The molecule has 1 N–H and O–H groups in total. The Balaban J connectivity index is 1.10. The molecule has 4 aromatic carbocycles. The first kappa shape index (κ1) is 25.4. The molecule has 1 aromatic heterocycles. The highest BCUT2D eigenvalue weighted by Gasteiger charge is 2.54. The minimum atomic E-state index is -0.591. The lowest BCUT2D eigenvalue weighted by molar-refractivity contribution is -0.126. The minimum absolute atomic E-state index is 0.00145. The summed E-state index contributed by atoms with van der Waals surface area (Å²) >= 11 is 1.42. The van der Waals surface area contributed by atoms with E-state index in [0.29, 0.717) is 10.7 Å². The van der Waals surface area contributed by atoms with E-state index in [1.165, 1.54) is 33.6 Å². The highest BCUT2D eigenvalue weighted by Crippen LogP contribution is 2.61. The fourth-order valence-electron chi connectivity index (χ4n) is 6.64. The first-order chi connectivity index (χ1) is 19.9. The van der Waals surface area contributed by atoms with E-state index in [2.05, 4.69) is 60.8 Å². The summed E-state index contributed by atoms with van der Waals surface area (Å²) in [6, 6.07) is 34.2. The molecule has 0 spiro atoms. The molecule has 41 heavy (non-hydrogen) atoms. The van der Waals surface area contributed by atoms with Gasteiger partial charge in [0.15, 0.2) is 5.13 Å². The van der Waals surface area contributed by atoms with Crippen LogP contribution in [0.25, 0.3) is 11.3 Å². The lowest BCUT2D eigenvalue weighted by Crippen LogP contribution is -2.47. The summed E-state index contributed by atoms with van der Waals surface area (Å²) in [5, 5.41) is 5.69. The third-order valence-corrected chi connectivity index (χ3v) is 9.51. The van der Waals surface area contributed by atoms with Crippen LogP contribution in [-0.2, 0) is 4.79 Å². The lowest BCUT2D eigenvalue weighted by atomic mass is 9.52. The number of fused-ring (bicyclic) bond motifs is 1. The molecule has 1 atom stereocenters. The van der Waals surface area contributed by atoms with Gasteiger partial charge in [-0.25, -0.2) is 4.98 Å². The maximum Gasteiger partial charge on any atom is 0.258 e. The van der Waals surface area contributed by atoms with E-state index >= 15 is 0 Å². The van der Waals surface area contributed by atoms with Crippen molar-refractivity contribution in [3.63, 3.8) is 0 Å². The molecule has 0 fully saturated rings. The highest BCUT2D eigenvalue weighted by molar-refractivity contribution is 7.14. The van der Waals surface area contributed by atoms with Crippen molar-refractivity contribution in [3.05, 3.63) is 136 Å². The molecule has 202 valence electrons. The lowest BCUT2D eigenvalue weighted by Gasteiger charge is -2.50. The van der Waals surface area contributed by atoms with Crippen molar-refractivity contribution < 1.29 is 9.59 Å². The molecule has 8 rings (SSSR count). The molecule has 0 radical (unpaired) electrons. The SMILES string of the molecule is CN(C(=O)c1ccc(-c2csc(NC(=O)C3(C)CC4c5ccccc5C3c3ccccc34)n2)cc1)c1ccccc1. The summed E-state index contributed by atoms with van der Waals surface area (Å²) in [5.41, 5.74) is 7.72. The van der Waals surface area contributed by atoms with Crippen LogP contribution in [0.4, 0.5) is 10.8 Å². The maximum atomic E-state index is 14.0. The Morgan fingerprint density at radius 3 is 2.05 bits per heavy atom. The predicted molar refractivity (Wildman–Crippen MR) is 165 cm³/mol. The van der Waals surface area contributed by atoms with E-state index in [0.717, 1.165) is 23.4 Å². The number of para-hydroxylation sites is 1. The topological polar surface area (TPSA) is 62.3 Å². The molecule has 0 aliphatic heterocycles. The van der Waals surface area contributed by atoms with E-state index in [1.54, 1.807) is 11.9 Å². The van der Waals surface area contributed by atoms with Gasteiger partial charge in [-0.3, -0.25) is 9.59 Å². The van der Waals surface area contributed by atoms with Gasteiger partial charge in [-0.2, -0.15) is 0 Å². The van der Waals surface area contributed by atoms with Crippen molar-refractivity contribution >= 4 is 34.0 Å². The number of benzene rings is 4. The van der Waals surface area contributed by atoms with Gasteiger partial charge in [-0.05, 0) is 59.9 Å². The molecule has 2 bridgehead atoms. The summed E-state index contributed by atoms with van der Waals surface area (Å²) in [4.78, 5) is 33.3. The van der Waals surface area contributed by atoms with Crippen molar-refractivity contribution in [2.24, 2.45) is 5.41 Å². The largest absolute Gasteiger partial charge is 0.311 e. The predicted octanol–water partition coefficient (Wildman–Crippen LogP) is 7.71. The molecule has 3 aliphatic rings. The number of amides is 2. The summed E-state index contributed by atoms with van der Waals surface area (Å²) in [6.45, 7) is 2.10. The Morgan fingerprint density at radius 2 is 1.41 bits per heavy atom. The zero-order valence-corrected chi connectivity index (χ0v) is 23.7. The number of nitrogens with zero attached hydrogens (tertiary/aromatic N) is 2. The van der Waals surface area contributed by atoms with Crippen LogP contribution in [0.5, 0.6) is 0 Å². The maximum absolute atomic E-state index is 14.0. The second-order valence-corrected chi connectivity index (χ2v) is 12.0. The van der Waals surface area contributed by atoms with Crippen molar-refractivity contribution in [2.75, 3.05) is 17.3 Å². The molecule has 0 saturated heterocycles. The van der Waals surface area contributed by atoms with Crippen LogP contribution < -0.4 is 10.2 Å². The molecule has 6 heteroatoms. The van der Waals surface area contributed by atoms with Crippen molar-refractivity contribution in [1.82, 2.24) is 4.98 Å². The van der Waals surface area contributed by atoms with Gasteiger partial charge in [0.1, 0.15) is 0 Å². The van der Waals surface area contributed by atoms with Crippen LogP contribution in [0.15, 0.2) is 109 Å². The van der Waals surface area contributed by atoms with Crippen LogP contribution in [0.3, 0.4) is 0 Å². The van der Waals surface area contributed by atoms with E-state index < -0.39 is 5.41 Å². The van der Waals surface area contributed by atoms with Gasteiger partial charge in [0, 0.05) is 41.1 Å². The van der Waals surface area contributed by atoms with Crippen LogP contribution in [0.1, 0.15) is 57.8 Å². The number of hydrogen-bond donors (Lipinski definition) is 1. The van der Waals surface area contributed by atoms with Gasteiger partial charge in [0.25, 0.3) is 5.91 Å². The van der Waals surface area contributed by atoms with Crippen LogP contribution in [0, 0.1) is 5.41 Å².